The van der Waals surface area contributed by atoms with E-state index in [9.17, 15) is 0 Å². The van der Waals surface area contributed by atoms with Crippen LogP contribution >= 0.6 is 0 Å². The van der Waals surface area contributed by atoms with Gasteiger partial charge in [0.15, 0.2) is 5.58 Å². The van der Waals surface area contributed by atoms with Gasteiger partial charge >= 0.3 is 0 Å². The molecule has 2 fully saturated rings. The maximum atomic E-state index is 5.87. The third-order valence-electron chi connectivity index (χ3n) is 4.58. The number of oxazole rings is 1. The van der Waals surface area contributed by atoms with Crippen LogP contribution in [0.2, 0.25) is 0 Å². The van der Waals surface area contributed by atoms with Crippen LogP contribution in [0.15, 0.2) is 28.7 Å². The Kier molecular flexibility index (Phi) is 3.53. The van der Waals surface area contributed by atoms with E-state index in [1.807, 2.05) is 24.3 Å². The summed E-state index contributed by atoms with van der Waals surface area (Å²) in [6.07, 6.45) is 2.36. The number of hydrogen-bond acceptors (Lipinski definition) is 5. The summed E-state index contributed by atoms with van der Waals surface area (Å²) in [5, 5.41) is 0. The first-order valence-electron chi connectivity index (χ1n) is 7.82. The first kappa shape index (κ1) is 13.1. The summed E-state index contributed by atoms with van der Waals surface area (Å²) in [5.41, 5.74) is 1.82. The summed E-state index contributed by atoms with van der Waals surface area (Å²) < 4.78 is 11.3. The third kappa shape index (κ3) is 2.63. The van der Waals surface area contributed by atoms with E-state index in [4.69, 9.17) is 9.15 Å². The summed E-state index contributed by atoms with van der Waals surface area (Å²) in [6, 6.07) is 9.43. The van der Waals surface area contributed by atoms with Crippen molar-refractivity contribution in [3.05, 3.63) is 24.3 Å². The van der Waals surface area contributed by atoms with Gasteiger partial charge in [0.25, 0.3) is 6.01 Å². The van der Waals surface area contributed by atoms with Crippen LogP contribution in [0.25, 0.3) is 11.1 Å². The lowest BCUT2D eigenvalue weighted by atomic mass is 10.0. The van der Waals surface area contributed by atoms with Gasteiger partial charge in [-0.3, -0.25) is 4.90 Å². The van der Waals surface area contributed by atoms with Gasteiger partial charge in [-0.15, -0.1) is 0 Å². The molecule has 21 heavy (non-hydrogen) atoms. The van der Waals surface area contributed by atoms with Crippen molar-refractivity contribution < 1.29 is 9.15 Å². The Balaban J connectivity index is 1.42. The Labute approximate surface area is 124 Å². The predicted molar refractivity (Wildman–Crippen MR) is 81.6 cm³/mol. The zero-order valence-corrected chi connectivity index (χ0v) is 12.2. The minimum absolute atomic E-state index is 0.689. The van der Waals surface area contributed by atoms with Gasteiger partial charge in [-0.25, -0.2) is 0 Å². The Morgan fingerprint density at radius 1 is 1.00 bits per heavy atom. The summed E-state index contributed by atoms with van der Waals surface area (Å²) in [5.74, 6) is 0. The highest BCUT2D eigenvalue weighted by Gasteiger charge is 2.27. The van der Waals surface area contributed by atoms with Crippen LogP contribution in [0.5, 0.6) is 0 Å². The number of anilines is 1. The van der Waals surface area contributed by atoms with Crippen LogP contribution in [-0.4, -0.2) is 55.3 Å². The smallest absolute Gasteiger partial charge is 0.298 e. The molecule has 2 saturated heterocycles. The van der Waals surface area contributed by atoms with Gasteiger partial charge in [0.1, 0.15) is 5.52 Å². The number of piperidine rings is 1. The van der Waals surface area contributed by atoms with Gasteiger partial charge < -0.3 is 14.1 Å². The SMILES string of the molecule is c1ccc2oc(N3CCC(N4CCOCC4)CC3)nc2c1. The molecular formula is C16H21N3O2. The van der Waals surface area contributed by atoms with Gasteiger partial charge in [-0.2, -0.15) is 4.98 Å². The van der Waals surface area contributed by atoms with Crippen LogP contribution in [-0.2, 0) is 4.74 Å². The van der Waals surface area contributed by atoms with Crippen LogP contribution in [0.4, 0.5) is 6.01 Å². The topological polar surface area (TPSA) is 41.7 Å². The molecule has 0 aliphatic carbocycles. The van der Waals surface area contributed by atoms with Gasteiger partial charge in [0.2, 0.25) is 0 Å². The molecule has 2 aromatic rings. The predicted octanol–water partition coefficient (Wildman–Crippen LogP) is 2.13. The molecule has 0 saturated carbocycles. The van der Waals surface area contributed by atoms with Crippen molar-refractivity contribution in [2.75, 3.05) is 44.3 Å². The zero-order valence-electron chi connectivity index (χ0n) is 12.2. The Hall–Kier alpha value is -1.59. The summed E-state index contributed by atoms with van der Waals surface area (Å²) >= 11 is 0. The van der Waals surface area contributed by atoms with E-state index < -0.39 is 0 Å². The van der Waals surface area contributed by atoms with Gasteiger partial charge in [0, 0.05) is 32.2 Å². The van der Waals surface area contributed by atoms with Crippen molar-refractivity contribution in [1.82, 2.24) is 9.88 Å². The first-order chi connectivity index (χ1) is 10.4. The van der Waals surface area contributed by atoms with Gasteiger partial charge in [-0.05, 0) is 25.0 Å². The van der Waals surface area contributed by atoms with E-state index in [0.29, 0.717) is 6.04 Å². The van der Waals surface area contributed by atoms with Crippen molar-refractivity contribution in [2.24, 2.45) is 0 Å². The molecule has 5 heteroatoms. The second-order valence-electron chi connectivity index (χ2n) is 5.83. The fraction of sp³-hybridized carbons (Fsp3) is 0.562. The second-order valence-corrected chi connectivity index (χ2v) is 5.83. The number of morpholine rings is 1. The number of benzene rings is 1. The number of fused-ring (bicyclic) bond motifs is 1. The molecule has 2 aliphatic rings. The molecule has 0 amide bonds. The fourth-order valence-electron chi connectivity index (χ4n) is 3.36. The fourth-order valence-corrected chi connectivity index (χ4v) is 3.36. The van der Waals surface area contributed by atoms with E-state index >= 15 is 0 Å². The molecule has 3 heterocycles. The molecule has 0 atom stereocenters. The summed E-state index contributed by atoms with van der Waals surface area (Å²) in [7, 11) is 0. The molecule has 0 unspecified atom stereocenters. The molecule has 2 aliphatic heterocycles. The van der Waals surface area contributed by atoms with Crippen molar-refractivity contribution in [2.45, 2.75) is 18.9 Å². The number of hydrogen-bond donors (Lipinski definition) is 0. The lowest BCUT2D eigenvalue weighted by molar-refractivity contribution is 0.0113. The molecule has 0 N–H and O–H groups in total. The zero-order chi connectivity index (χ0) is 14.1. The molecule has 112 valence electrons. The number of para-hydroxylation sites is 2. The van der Waals surface area contributed by atoms with Crippen LogP contribution in [0, 0.1) is 0 Å². The second kappa shape index (κ2) is 5.66. The van der Waals surface area contributed by atoms with Crippen LogP contribution < -0.4 is 4.90 Å². The highest BCUT2D eigenvalue weighted by molar-refractivity contribution is 5.74. The molecular weight excluding hydrogens is 266 g/mol. The highest BCUT2D eigenvalue weighted by atomic mass is 16.5. The van der Waals surface area contributed by atoms with E-state index in [1.165, 1.54) is 12.8 Å². The lowest BCUT2D eigenvalue weighted by Crippen LogP contribution is -2.49. The average Bonchev–Trinajstić information content (AvgIpc) is 3.00. The molecule has 1 aromatic heterocycles. The third-order valence-corrected chi connectivity index (χ3v) is 4.58. The number of nitrogens with zero attached hydrogens (tertiary/aromatic N) is 3. The number of aromatic nitrogens is 1. The van der Waals surface area contributed by atoms with Crippen molar-refractivity contribution in [3.8, 4) is 0 Å². The lowest BCUT2D eigenvalue weighted by Gasteiger charge is -2.39. The van der Waals surface area contributed by atoms with Gasteiger partial charge in [-0.1, -0.05) is 12.1 Å². The highest BCUT2D eigenvalue weighted by Crippen LogP contribution is 2.26. The van der Waals surface area contributed by atoms with Crippen molar-refractivity contribution in [1.29, 1.82) is 0 Å². The molecule has 0 bridgehead atoms. The largest absolute Gasteiger partial charge is 0.423 e. The van der Waals surface area contributed by atoms with Crippen molar-refractivity contribution >= 4 is 17.1 Å². The molecule has 5 nitrogen and oxygen atoms in total. The molecule has 0 spiro atoms. The van der Waals surface area contributed by atoms with Crippen LogP contribution in [0.3, 0.4) is 0 Å². The average molecular weight is 287 g/mol. The van der Waals surface area contributed by atoms with E-state index in [1.54, 1.807) is 0 Å². The van der Waals surface area contributed by atoms with Crippen molar-refractivity contribution in [3.63, 3.8) is 0 Å². The molecule has 1 aromatic carbocycles. The van der Waals surface area contributed by atoms with E-state index in [-0.39, 0.29) is 0 Å². The number of rotatable bonds is 2. The van der Waals surface area contributed by atoms with Gasteiger partial charge in [0.05, 0.1) is 13.2 Å². The Morgan fingerprint density at radius 2 is 1.76 bits per heavy atom. The Morgan fingerprint density at radius 3 is 2.52 bits per heavy atom. The summed E-state index contributed by atoms with van der Waals surface area (Å²) in [4.78, 5) is 9.45. The Bertz CT molecular complexity index is 565. The van der Waals surface area contributed by atoms with E-state index in [0.717, 1.165) is 56.5 Å². The van der Waals surface area contributed by atoms with E-state index in [2.05, 4.69) is 14.8 Å². The normalized spacial score (nSPS) is 22.0. The van der Waals surface area contributed by atoms with Crippen LogP contribution in [0.1, 0.15) is 12.8 Å². The number of ether oxygens (including phenoxy) is 1. The monoisotopic (exact) mass is 287 g/mol. The first-order valence-corrected chi connectivity index (χ1v) is 7.82. The summed E-state index contributed by atoms with van der Waals surface area (Å²) in [6.45, 7) is 5.96. The maximum absolute atomic E-state index is 5.87. The standard InChI is InChI=1S/C16H21N3O2/c1-2-4-15-14(3-1)17-16(21-15)19-7-5-13(6-8-19)18-9-11-20-12-10-18/h1-4,13H,5-12H2. The minimum atomic E-state index is 0.689. The maximum Gasteiger partial charge on any atom is 0.298 e. The quantitative estimate of drug-likeness (QED) is 0.846. The molecule has 0 radical (unpaired) electrons. The minimum Gasteiger partial charge on any atom is -0.423 e. The molecule has 4 rings (SSSR count).